The van der Waals surface area contributed by atoms with Gasteiger partial charge >= 0.3 is 0 Å². The number of nitrogens with two attached hydrogens (primary N) is 1. The standard InChI is InChI=1S/C15H16N2O3S2/c1-20-11-6-4-10(5-7-11)9-12-14(19)17(15(21)22-12)8-2-3-13(16)18/h4-7,9H,2-3,8H2,1H3,(H2,16,18). The Hall–Kier alpha value is -1.86. The normalized spacial score (nSPS) is 16.4. The summed E-state index contributed by atoms with van der Waals surface area (Å²) in [5.41, 5.74) is 6.00. The lowest BCUT2D eigenvalue weighted by Gasteiger charge is -2.13. The maximum atomic E-state index is 12.3. The summed E-state index contributed by atoms with van der Waals surface area (Å²) in [6.45, 7) is 0.410. The Morgan fingerprint density at radius 2 is 2.09 bits per heavy atom. The van der Waals surface area contributed by atoms with Crippen molar-refractivity contribution in [2.24, 2.45) is 5.73 Å². The number of thiocarbonyl (C=S) groups is 1. The van der Waals surface area contributed by atoms with Crippen molar-refractivity contribution < 1.29 is 14.3 Å². The quantitative estimate of drug-likeness (QED) is 0.637. The van der Waals surface area contributed by atoms with Crippen LogP contribution in [-0.4, -0.2) is 34.7 Å². The van der Waals surface area contributed by atoms with E-state index in [9.17, 15) is 9.59 Å². The highest BCUT2D eigenvalue weighted by atomic mass is 32.2. The fourth-order valence-electron chi connectivity index (χ4n) is 1.96. The van der Waals surface area contributed by atoms with Crippen molar-refractivity contribution in [2.75, 3.05) is 13.7 Å². The summed E-state index contributed by atoms with van der Waals surface area (Å²) >= 11 is 6.49. The maximum Gasteiger partial charge on any atom is 0.266 e. The summed E-state index contributed by atoms with van der Waals surface area (Å²) in [5, 5.41) is 0. The first-order valence-electron chi connectivity index (χ1n) is 6.69. The zero-order valence-corrected chi connectivity index (χ0v) is 13.7. The van der Waals surface area contributed by atoms with Crippen molar-refractivity contribution in [1.29, 1.82) is 0 Å². The molecule has 7 heteroatoms. The lowest BCUT2D eigenvalue weighted by molar-refractivity contribution is -0.123. The summed E-state index contributed by atoms with van der Waals surface area (Å²) in [6.07, 6.45) is 2.55. The number of ether oxygens (including phenoxy) is 1. The Balaban J connectivity index is 2.06. The van der Waals surface area contributed by atoms with E-state index in [1.165, 1.54) is 16.7 Å². The van der Waals surface area contributed by atoms with E-state index >= 15 is 0 Å². The van der Waals surface area contributed by atoms with Crippen LogP contribution in [0.4, 0.5) is 0 Å². The number of nitrogens with zero attached hydrogens (tertiary/aromatic N) is 1. The highest BCUT2D eigenvalue weighted by molar-refractivity contribution is 8.26. The SMILES string of the molecule is COc1ccc(C=C2SC(=S)N(CCCC(N)=O)C2=O)cc1. The van der Waals surface area contributed by atoms with Crippen LogP contribution in [0.5, 0.6) is 5.75 Å². The number of primary amides is 1. The molecule has 0 aliphatic carbocycles. The van der Waals surface area contributed by atoms with E-state index in [1.54, 1.807) is 13.2 Å². The third-order valence-electron chi connectivity index (χ3n) is 3.09. The highest BCUT2D eigenvalue weighted by Gasteiger charge is 2.31. The molecular formula is C15H16N2O3S2. The van der Waals surface area contributed by atoms with E-state index in [1.807, 2.05) is 24.3 Å². The van der Waals surface area contributed by atoms with Crippen LogP contribution in [0.3, 0.4) is 0 Å². The van der Waals surface area contributed by atoms with Gasteiger partial charge in [0, 0.05) is 13.0 Å². The second-order valence-electron chi connectivity index (χ2n) is 4.68. The number of hydrogen-bond donors (Lipinski definition) is 1. The Morgan fingerprint density at radius 3 is 2.68 bits per heavy atom. The first-order chi connectivity index (χ1) is 10.5. The number of thioether (sulfide) groups is 1. The third kappa shape index (κ3) is 4.08. The Kier molecular flexibility index (Phi) is 5.57. The van der Waals surface area contributed by atoms with Crippen LogP contribution in [0.25, 0.3) is 6.08 Å². The minimum Gasteiger partial charge on any atom is -0.497 e. The van der Waals surface area contributed by atoms with E-state index in [0.717, 1.165) is 11.3 Å². The molecule has 1 aromatic carbocycles. The first kappa shape index (κ1) is 16.5. The molecule has 2 rings (SSSR count). The van der Waals surface area contributed by atoms with Gasteiger partial charge in [-0.05, 0) is 30.2 Å². The van der Waals surface area contributed by atoms with Crippen molar-refractivity contribution in [3.05, 3.63) is 34.7 Å². The van der Waals surface area contributed by atoms with Crippen molar-refractivity contribution in [3.8, 4) is 5.75 Å². The van der Waals surface area contributed by atoms with Crippen LogP contribution in [0.2, 0.25) is 0 Å². The van der Waals surface area contributed by atoms with E-state index in [2.05, 4.69) is 0 Å². The molecule has 0 spiro atoms. The molecule has 0 atom stereocenters. The van der Waals surface area contributed by atoms with E-state index in [-0.39, 0.29) is 18.2 Å². The molecule has 1 heterocycles. The van der Waals surface area contributed by atoms with Gasteiger partial charge in [0.05, 0.1) is 12.0 Å². The zero-order chi connectivity index (χ0) is 16.1. The summed E-state index contributed by atoms with van der Waals surface area (Å²) in [4.78, 5) is 25.2. The molecule has 1 saturated heterocycles. The zero-order valence-electron chi connectivity index (χ0n) is 12.1. The summed E-state index contributed by atoms with van der Waals surface area (Å²) < 4.78 is 5.61. The molecule has 1 aliphatic heterocycles. The molecular weight excluding hydrogens is 320 g/mol. The molecule has 0 aromatic heterocycles. The molecule has 1 fully saturated rings. The number of amides is 2. The maximum absolute atomic E-state index is 12.3. The molecule has 1 aromatic rings. The van der Waals surface area contributed by atoms with Gasteiger partial charge in [-0.15, -0.1) is 0 Å². The number of carbonyl (C=O) groups excluding carboxylic acids is 2. The van der Waals surface area contributed by atoms with Crippen molar-refractivity contribution in [1.82, 2.24) is 4.90 Å². The molecule has 116 valence electrons. The molecule has 0 radical (unpaired) electrons. The molecule has 2 amide bonds. The molecule has 5 nitrogen and oxygen atoms in total. The first-order valence-corrected chi connectivity index (χ1v) is 7.91. The molecule has 2 N–H and O–H groups in total. The fraction of sp³-hybridized carbons (Fsp3) is 0.267. The van der Waals surface area contributed by atoms with E-state index in [4.69, 9.17) is 22.7 Å². The number of methoxy groups -OCH3 is 1. The summed E-state index contributed by atoms with van der Waals surface area (Å²) in [7, 11) is 1.60. The minimum absolute atomic E-state index is 0.129. The number of carbonyl (C=O) groups is 2. The van der Waals surface area contributed by atoms with Gasteiger partial charge in [-0.25, -0.2) is 0 Å². The van der Waals surface area contributed by atoms with Crippen LogP contribution in [0, 0.1) is 0 Å². The van der Waals surface area contributed by atoms with Crippen LogP contribution in [-0.2, 0) is 9.59 Å². The van der Waals surface area contributed by atoms with Crippen LogP contribution < -0.4 is 10.5 Å². The van der Waals surface area contributed by atoms with Gasteiger partial charge in [-0.1, -0.05) is 36.1 Å². The van der Waals surface area contributed by atoms with Gasteiger partial charge in [0.2, 0.25) is 5.91 Å². The monoisotopic (exact) mass is 336 g/mol. The Morgan fingerprint density at radius 1 is 1.41 bits per heavy atom. The van der Waals surface area contributed by atoms with Crippen molar-refractivity contribution >= 4 is 46.2 Å². The van der Waals surface area contributed by atoms with Gasteiger partial charge < -0.3 is 10.5 Å². The van der Waals surface area contributed by atoms with Crippen molar-refractivity contribution in [2.45, 2.75) is 12.8 Å². The highest BCUT2D eigenvalue weighted by Crippen LogP contribution is 2.32. The summed E-state index contributed by atoms with van der Waals surface area (Å²) in [5.74, 6) is 0.255. The Bertz CT molecular complexity index is 626. The fourth-order valence-corrected chi connectivity index (χ4v) is 3.26. The lowest BCUT2D eigenvalue weighted by Crippen LogP contribution is -2.29. The molecule has 22 heavy (non-hydrogen) atoms. The predicted molar refractivity (Wildman–Crippen MR) is 91.3 cm³/mol. The third-order valence-corrected chi connectivity index (χ3v) is 4.47. The second-order valence-corrected chi connectivity index (χ2v) is 6.35. The Labute approximate surface area is 138 Å². The number of benzene rings is 1. The average Bonchev–Trinajstić information content (AvgIpc) is 2.75. The van der Waals surface area contributed by atoms with Gasteiger partial charge in [0.15, 0.2) is 0 Å². The lowest BCUT2D eigenvalue weighted by atomic mass is 10.2. The van der Waals surface area contributed by atoms with Gasteiger partial charge in [-0.2, -0.15) is 0 Å². The van der Waals surface area contributed by atoms with Crippen molar-refractivity contribution in [3.63, 3.8) is 0 Å². The minimum atomic E-state index is -0.376. The van der Waals surface area contributed by atoms with Crippen LogP contribution in [0.1, 0.15) is 18.4 Å². The molecule has 0 unspecified atom stereocenters. The molecule has 0 bridgehead atoms. The van der Waals surface area contributed by atoms with Gasteiger partial charge in [0.1, 0.15) is 10.1 Å². The largest absolute Gasteiger partial charge is 0.497 e. The number of rotatable bonds is 6. The van der Waals surface area contributed by atoms with Gasteiger partial charge in [0.25, 0.3) is 5.91 Å². The molecule has 1 aliphatic rings. The molecule has 0 saturated carbocycles. The van der Waals surface area contributed by atoms with E-state index < -0.39 is 0 Å². The second kappa shape index (κ2) is 7.42. The van der Waals surface area contributed by atoms with Crippen LogP contribution in [0.15, 0.2) is 29.2 Å². The predicted octanol–water partition coefficient (Wildman–Crippen LogP) is 2.16. The average molecular weight is 336 g/mol. The van der Waals surface area contributed by atoms with E-state index in [0.29, 0.717) is 22.2 Å². The van der Waals surface area contributed by atoms with Crippen LogP contribution >= 0.6 is 24.0 Å². The smallest absolute Gasteiger partial charge is 0.266 e. The number of hydrogen-bond acceptors (Lipinski definition) is 5. The summed E-state index contributed by atoms with van der Waals surface area (Å²) in [6, 6.07) is 7.41. The topological polar surface area (TPSA) is 72.6 Å². The van der Waals surface area contributed by atoms with Gasteiger partial charge in [-0.3, -0.25) is 14.5 Å².